The first kappa shape index (κ1) is 16.2. The molecule has 0 amide bonds. The molecule has 4 rings (SSSR count). The van der Waals surface area contributed by atoms with Crippen molar-refractivity contribution in [2.75, 3.05) is 12.4 Å². The van der Waals surface area contributed by atoms with Gasteiger partial charge < -0.3 is 14.5 Å². The summed E-state index contributed by atoms with van der Waals surface area (Å²) >= 11 is 0. The number of nitrogens with one attached hydrogen (secondary N) is 1. The van der Waals surface area contributed by atoms with Gasteiger partial charge in [0.2, 0.25) is 5.43 Å². The van der Waals surface area contributed by atoms with Crippen molar-refractivity contribution in [3.8, 4) is 5.75 Å². The monoisotopic (exact) mass is 345 g/mol. The van der Waals surface area contributed by atoms with E-state index in [2.05, 4.69) is 5.32 Å². The van der Waals surface area contributed by atoms with Crippen molar-refractivity contribution in [3.05, 3.63) is 75.9 Å². The van der Waals surface area contributed by atoms with Crippen molar-refractivity contribution >= 4 is 33.3 Å². The van der Waals surface area contributed by atoms with Gasteiger partial charge in [0.25, 0.3) is 0 Å². The minimum atomic E-state index is -0.0569. The highest BCUT2D eigenvalue weighted by Crippen LogP contribution is 2.30. The Bertz CT molecular complexity index is 1170. The Morgan fingerprint density at radius 3 is 2.38 bits per heavy atom. The molecule has 1 aromatic heterocycles. The molecule has 3 aromatic carbocycles. The van der Waals surface area contributed by atoms with Gasteiger partial charge in [-0.2, -0.15) is 0 Å². The Morgan fingerprint density at radius 2 is 1.65 bits per heavy atom. The zero-order valence-corrected chi connectivity index (χ0v) is 14.9. The molecule has 0 spiro atoms. The van der Waals surface area contributed by atoms with Gasteiger partial charge in [-0.15, -0.1) is 0 Å². The van der Waals surface area contributed by atoms with E-state index < -0.39 is 0 Å². The van der Waals surface area contributed by atoms with Crippen LogP contribution in [0.25, 0.3) is 21.9 Å². The van der Waals surface area contributed by atoms with Crippen molar-refractivity contribution in [1.29, 1.82) is 0 Å². The summed E-state index contributed by atoms with van der Waals surface area (Å²) in [6, 6.07) is 17.2. The number of fused-ring (bicyclic) bond motifs is 2. The lowest BCUT2D eigenvalue weighted by Gasteiger charge is -2.12. The van der Waals surface area contributed by atoms with Crippen molar-refractivity contribution < 1.29 is 9.15 Å². The summed E-state index contributed by atoms with van der Waals surface area (Å²) in [4.78, 5) is 13.1. The maximum Gasteiger partial charge on any atom is 0.202 e. The van der Waals surface area contributed by atoms with Gasteiger partial charge in [0.1, 0.15) is 16.9 Å². The molecule has 0 saturated carbocycles. The summed E-state index contributed by atoms with van der Waals surface area (Å²) in [5.74, 6) is 0.658. The number of anilines is 2. The van der Waals surface area contributed by atoms with Crippen molar-refractivity contribution in [1.82, 2.24) is 0 Å². The van der Waals surface area contributed by atoms with Gasteiger partial charge >= 0.3 is 0 Å². The molecule has 0 radical (unpaired) electrons. The Morgan fingerprint density at radius 1 is 0.885 bits per heavy atom. The standard InChI is InChI=1S/C22H19NO3/c1-13-4-6-15(7-5-13)23-18-10-14(2)11-20-21(18)22(24)17-9-8-16(25-3)12-19(17)26-20/h4-12,23H,1-3H3. The minimum absolute atomic E-state index is 0.0569. The van der Waals surface area contributed by atoms with Gasteiger partial charge in [0.15, 0.2) is 0 Å². The molecule has 1 heterocycles. The second-order valence-corrected chi connectivity index (χ2v) is 6.47. The van der Waals surface area contributed by atoms with Gasteiger partial charge in [-0.25, -0.2) is 0 Å². The van der Waals surface area contributed by atoms with E-state index in [4.69, 9.17) is 9.15 Å². The van der Waals surface area contributed by atoms with Crippen LogP contribution in [0.2, 0.25) is 0 Å². The van der Waals surface area contributed by atoms with Gasteiger partial charge in [-0.1, -0.05) is 17.7 Å². The fourth-order valence-electron chi connectivity index (χ4n) is 3.11. The summed E-state index contributed by atoms with van der Waals surface area (Å²) in [5.41, 5.74) is 4.89. The molecular weight excluding hydrogens is 326 g/mol. The van der Waals surface area contributed by atoms with E-state index in [1.807, 2.05) is 50.2 Å². The largest absolute Gasteiger partial charge is 0.497 e. The van der Waals surface area contributed by atoms with E-state index in [1.54, 1.807) is 25.3 Å². The maximum absolute atomic E-state index is 13.1. The Balaban J connectivity index is 1.96. The molecule has 4 nitrogen and oxygen atoms in total. The molecule has 0 atom stereocenters. The summed E-state index contributed by atoms with van der Waals surface area (Å²) in [6.45, 7) is 4.02. The molecule has 4 aromatic rings. The van der Waals surface area contributed by atoms with Crippen LogP contribution >= 0.6 is 0 Å². The van der Waals surface area contributed by atoms with Crippen LogP contribution in [0.1, 0.15) is 11.1 Å². The lowest BCUT2D eigenvalue weighted by atomic mass is 10.1. The topological polar surface area (TPSA) is 51.5 Å². The molecule has 0 fully saturated rings. The summed E-state index contributed by atoms with van der Waals surface area (Å²) in [6.07, 6.45) is 0. The van der Waals surface area contributed by atoms with Crippen LogP contribution in [0.3, 0.4) is 0 Å². The van der Waals surface area contributed by atoms with Crippen LogP contribution in [-0.4, -0.2) is 7.11 Å². The zero-order valence-electron chi connectivity index (χ0n) is 14.9. The molecule has 1 N–H and O–H groups in total. The maximum atomic E-state index is 13.1. The van der Waals surface area contributed by atoms with E-state index in [0.29, 0.717) is 27.7 Å². The number of methoxy groups -OCH3 is 1. The Hall–Kier alpha value is -3.27. The molecule has 0 saturated heterocycles. The molecule has 0 bridgehead atoms. The van der Waals surface area contributed by atoms with Gasteiger partial charge in [-0.05, 0) is 55.8 Å². The highest BCUT2D eigenvalue weighted by molar-refractivity contribution is 5.98. The van der Waals surface area contributed by atoms with Crippen LogP contribution in [-0.2, 0) is 0 Å². The zero-order chi connectivity index (χ0) is 18.3. The average Bonchev–Trinajstić information content (AvgIpc) is 2.62. The quantitative estimate of drug-likeness (QED) is 0.511. The van der Waals surface area contributed by atoms with Crippen LogP contribution in [0.15, 0.2) is 63.8 Å². The molecule has 0 unspecified atom stereocenters. The number of ether oxygens (including phenoxy) is 1. The highest BCUT2D eigenvalue weighted by atomic mass is 16.5. The summed E-state index contributed by atoms with van der Waals surface area (Å²) in [7, 11) is 1.59. The number of aryl methyl sites for hydroxylation is 2. The highest BCUT2D eigenvalue weighted by Gasteiger charge is 2.13. The predicted molar refractivity (Wildman–Crippen MR) is 106 cm³/mol. The first-order chi connectivity index (χ1) is 12.5. The van der Waals surface area contributed by atoms with Gasteiger partial charge in [0, 0.05) is 11.8 Å². The normalized spacial score (nSPS) is 11.0. The second-order valence-electron chi connectivity index (χ2n) is 6.47. The minimum Gasteiger partial charge on any atom is -0.497 e. The lowest BCUT2D eigenvalue weighted by Crippen LogP contribution is -2.06. The molecular formula is C22H19NO3. The molecule has 0 aliphatic rings. The molecule has 4 heteroatoms. The summed E-state index contributed by atoms with van der Waals surface area (Å²) < 4.78 is 11.3. The van der Waals surface area contributed by atoms with E-state index >= 15 is 0 Å². The van der Waals surface area contributed by atoms with Gasteiger partial charge in [0.05, 0.1) is 23.6 Å². The van der Waals surface area contributed by atoms with Crippen LogP contribution in [0.5, 0.6) is 5.75 Å². The fourth-order valence-corrected chi connectivity index (χ4v) is 3.11. The average molecular weight is 345 g/mol. The molecule has 0 aliphatic carbocycles. The van der Waals surface area contributed by atoms with Crippen LogP contribution < -0.4 is 15.5 Å². The second kappa shape index (κ2) is 6.23. The van der Waals surface area contributed by atoms with E-state index in [1.165, 1.54) is 5.56 Å². The molecule has 0 aliphatic heterocycles. The molecule has 26 heavy (non-hydrogen) atoms. The van der Waals surface area contributed by atoms with Crippen molar-refractivity contribution in [2.24, 2.45) is 0 Å². The smallest absolute Gasteiger partial charge is 0.202 e. The number of rotatable bonds is 3. The Kier molecular flexibility index (Phi) is 3.88. The number of benzene rings is 3. The first-order valence-corrected chi connectivity index (χ1v) is 8.44. The lowest BCUT2D eigenvalue weighted by molar-refractivity contribution is 0.414. The third-order valence-electron chi connectivity index (χ3n) is 4.46. The van der Waals surface area contributed by atoms with E-state index in [0.717, 1.165) is 16.9 Å². The van der Waals surface area contributed by atoms with Crippen molar-refractivity contribution in [3.63, 3.8) is 0 Å². The van der Waals surface area contributed by atoms with Gasteiger partial charge in [-0.3, -0.25) is 4.79 Å². The third kappa shape index (κ3) is 2.80. The van der Waals surface area contributed by atoms with E-state index in [-0.39, 0.29) is 5.43 Å². The van der Waals surface area contributed by atoms with Crippen LogP contribution in [0.4, 0.5) is 11.4 Å². The van der Waals surface area contributed by atoms with Crippen LogP contribution in [0, 0.1) is 13.8 Å². The number of hydrogen-bond acceptors (Lipinski definition) is 4. The number of hydrogen-bond donors (Lipinski definition) is 1. The van der Waals surface area contributed by atoms with Crippen molar-refractivity contribution in [2.45, 2.75) is 13.8 Å². The summed E-state index contributed by atoms with van der Waals surface area (Å²) in [5, 5.41) is 4.44. The molecule has 130 valence electrons. The first-order valence-electron chi connectivity index (χ1n) is 8.44. The Labute approximate surface area is 151 Å². The van der Waals surface area contributed by atoms with E-state index in [9.17, 15) is 4.79 Å². The predicted octanol–water partition coefficient (Wildman–Crippen LogP) is 5.32. The fraction of sp³-hybridized carbons (Fsp3) is 0.136. The SMILES string of the molecule is COc1ccc2c(=O)c3c(Nc4ccc(C)cc4)cc(C)cc3oc2c1. The third-order valence-corrected chi connectivity index (χ3v) is 4.46.